The highest BCUT2D eigenvalue weighted by Gasteiger charge is 2.44. The van der Waals surface area contributed by atoms with E-state index in [4.69, 9.17) is 16.3 Å². The van der Waals surface area contributed by atoms with Gasteiger partial charge >= 0.3 is 18.5 Å². The molecule has 0 saturated carbocycles. The molecule has 1 aliphatic carbocycles. The molecule has 3 heterocycles. The molecule has 252 valence electrons. The van der Waals surface area contributed by atoms with Gasteiger partial charge in [-0.15, -0.1) is 13.2 Å². The smallest absolute Gasteiger partial charge is 0.462 e. The molecule has 0 amide bonds. The maximum absolute atomic E-state index is 14.3. The van der Waals surface area contributed by atoms with Gasteiger partial charge in [-0.2, -0.15) is 18.3 Å². The Balaban J connectivity index is 1.38. The van der Waals surface area contributed by atoms with Crippen molar-refractivity contribution < 1.29 is 40.6 Å². The van der Waals surface area contributed by atoms with Crippen LogP contribution in [0.15, 0.2) is 54.4 Å². The first-order chi connectivity index (χ1) is 21.8. The van der Waals surface area contributed by atoms with Gasteiger partial charge in [0.25, 0.3) is 0 Å². The number of benzene rings is 1. The summed E-state index contributed by atoms with van der Waals surface area (Å²) in [6.07, 6.45) is -3.33. The molecule has 3 aliphatic rings. The predicted octanol–water partition coefficient (Wildman–Crippen LogP) is 6.18. The van der Waals surface area contributed by atoms with Gasteiger partial charge in [0.2, 0.25) is 0 Å². The zero-order chi connectivity index (χ0) is 33.1. The number of hydrogen-bond donors (Lipinski definition) is 0. The molecule has 0 spiro atoms. The first kappa shape index (κ1) is 34.3. The number of nitrogens with zero attached hydrogens (tertiary/aromatic N) is 5. The van der Waals surface area contributed by atoms with Gasteiger partial charge in [0.05, 0.1) is 25.5 Å². The number of ether oxygens (including phenoxy) is 2. The fourth-order valence-electron chi connectivity index (χ4n) is 6.39. The summed E-state index contributed by atoms with van der Waals surface area (Å²) in [4.78, 5) is 17.5. The summed E-state index contributed by atoms with van der Waals surface area (Å²) in [6.45, 7) is 3.97. The van der Waals surface area contributed by atoms with Gasteiger partial charge in [0, 0.05) is 63.5 Å². The molecule has 5 rings (SSSR count). The fraction of sp³-hybridized carbons (Fsp3) is 0.548. The highest BCUT2D eigenvalue weighted by atomic mass is 35.5. The molecule has 2 saturated heterocycles. The van der Waals surface area contributed by atoms with E-state index in [1.807, 2.05) is 47.4 Å². The number of allylic oxidation sites excluding steroid dienone is 2. The van der Waals surface area contributed by atoms with Crippen LogP contribution in [-0.4, -0.2) is 101 Å². The molecule has 46 heavy (non-hydrogen) atoms. The number of piperidine rings is 1. The molecule has 2 aromatic rings. The number of halogens is 7. The molecule has 1 aromatic carbocycles. The van der Waals surface area contributed by atoms with Gasteiger partial charge in [-0.3, -0.25) is 19.2 Å². The average molecular weight is 676 g/mol. The normalized spacial score (nSPS) is 23.7. The fourth-order valence-corrected chi connectivity index (χ4v) is 6.75. The van der Waals surface area contributed by atoms with Crippen molar-refractivity contribution in [2.45, 2.75) is 49.8 Å². The second kappa shape index (κ2) is 14.0. The third kappa shape index (κ3) is 7.89. The Morgan fingerprint density at radius 2 is 1.78 bits per heavy atom. The summed E-state index contributed by atoms with van der Waals surface area (Å²) in [5.41, 5.74) is 0.984. The Bertz CT molecular complexity index is 1420. The van der Waals surface area contributed by atoms with E-state index in [0.29, 0.717) is 52.0 Å². The largest absolute Gasteiger partial charge is 0.522 e. The number of hydrogen-bond acceptors (Lipinski definition) is 7. The molecule has 0 N–H and O–H groups in total. The van der Waals surface area contributed by atoms with E-state index < -0.39 is 47.4 Å². The topological polar surface area (TPSA) is 63.1 Å². The van der Waals surface area contributed by atoms with Crippen LogP contribution < -0.4 is 0 Å². The van der Waals surface area contributed by atoms with Gasteiger partial charge in [-0.1, -0.05) is 48.0 Å². The zero-order valence-electron chi connectivity index (χ0n) is 25.3. The van der Waals surface area contributed by atoms with Gasteiger partial charge in [0.1, 0.15) is 10.6 Å². The Morgan fingerprint density at radius 1 is 1.07 bits per heavy atom. The number of likely N-dealkylation sites (tertiary alicyclic amines) is 1. The Kier molecular flexibility index (Phi) is 10.4. The number of alkyl halides is 7. The summed E-state index contributed by atoms with van der Waals surface area (Å²) in [5, 5.41) is 4.04. The van der Waals surface area contributed by atoms with E-state index in [9.17, 15) is 31.1 Å². The molecular weight excluding hydrogens is 640 g/mol. The summed E-state index contributed by atoms with van der Waals surface area (Å²) >= 11 is 7.31. The Labute approximate surface area is 268 Å². The van der Waals surface area contributed by atoms with Crippen molar-refractivity contribution in [2.24, 2.45) is 0 Å². The van der Waals surface area contributed by atoms with Crippen molar-refractivity contribution in [3.05, 3.63) is 71.2 Å². The van der Waals surface area contributed by atoms with E-state index in [2.05, 4.69) is 19.6 Å². The molecule has 2 aliphatic heterocycles. The maximum atomic E-state index is 14.3. The van der Waals surface area contributed by atoms with Gasteiger partial charge in [-0.05, 0) is 31.4 Å². The highest BCUT2D eigenvalue weighted by Crippen LogP contribution is 2.43. The summed E-state index contributed by atoms with van der Waals surface area (Å²) in [7, 11) is 0. The van der Waals surface area contributed by atoms with Crippen molar-refractivity contribution in [1.82, 2.24) is 24.5 Å². The van der Waals surface area contributed by atoms with Crippen molar-refractivity contribution >= 4 is 23.1 Å². The second-order valence-corrected chi connectivity index (χ2v) is 12.1. The molecule has 15 heteroatoms. The lowest BCUT2D eigenvalue weighted by atomic mass is 9.90. The lowest BCUT2D eigenvalue weighted by Gasteiger charge is -2.47. The van der Waals surface area contributed by atoms with Gasteiger partial charge < -0.3 is 9.64 Å². The van der Waals surface area contributed by atoms with E-state index in [-0.39, 0.29) is 19.7 Å². The van der Waals surface area contributed by atoms with Crippen LogP contribution in [0.4, 0.5) is 26.3 Å². The molecule has 1 aromatic heterocycles. The third-order valence-electron chi connectivity index (χ3n) is 8.57. The molecule has 0 radical (unpaired) electrons. The third-order valence-corrected chi connectivity index (χ3v) is 9.07. The monoisotopic (exact) mass is 675 g/mol. The van der Waals surface area contributed by atoms with Crippen LogP contribution >= 0.6 is 11.6 Å². The van der Waals surface area contributed by atoms with Crippen LogP contribution in [0.1, 0.15) is 53.8 Å². The molecule has 2 unspecified atom stereocenters. The van der Waals surface area contributed by atoms with E-state index in [1.54, 1.807) is 0 Å². The molecular formula is C31H36ClF6N5O3. The average Bonchev–Trinajstić information content (AvgIpc) is 3.48. The van der Waals surface area contributed by atoms with E-state index in [0.717, 1.165) is 27.7 Å². The number of piperazine rings is 1. The first-order valence-electron chi connectivity index (χ1n) is 15.2. The molecule has 2 atom stereocenters. The minimum atomic E-state index is -4.82. The zero-order valence-corrected chi connectivity index (χ0v) is 26.0. The lowest BCUT2D eigenvalue weighted by Crippen LogP contribution is -2.55. The van der Waals surface area contributed by atoms with Crippen molar-refractivity contribution in [3.8, 4) is 0 Å². The number of rotatable bonds is 9. The minimum absolute atomic E-state index is 0.0653. The quantitative estimate of drug-likeness (QED) is 0.136. The number of esters is 1. The molecule has 0 bridgehead atoms. The summed E-state index contributed by atoms with van der Waals surface area (Å²) in [6, 6.07) is 8.98. The number of aromatic nitrogens is 2. The van der Waals surface area contributed by atoms with E-state index >= 15 is 0 Å². The minimum Gasteiger partial charge on any atom is -0.462 e. The van der Waals surface area contributed by atoms with Crippen molar-refractivity contribution in [1.29, 1.82) is 0 Å². The Hall–Kier alpha value is -3.07. The van der Waals surface area contributed by atoms with Crippen molar-refractivity contribution in [3.63, 3.8) is 0 Å². The summed E-state index contributed by atoms with van der Waals surface area (Å²) < 4.78 is 89.8. The van der Waals surface area contributed by atoms with Crippen LogP contribution in [0.5, 0.6) is 0 Å². The van der Waals surface area contributed by atoms with Gasteiger partial charge in [0.15, 0.2) is 5.69 Å². The standard InChI is InChI=1S/C31H36ClF6N5O3/c1-2-45-28(44)25-20-39-43(27(25)30(33,34)35)23-9-6-12-41(21-23)26-19-29(32,11-10-24(26)22-7-4-3-5-8-22)42-15-13-40(14-16-42)17-18-46-31(36,37)38/h3-5,7-8,10-11,20,23H,2,6,9,12-19,21H2,1H3. The number of carbonyl (C=O) groups excluding carboxylic acids is 1. The SMILES string of the molecule is CCOC(=O)c1cnn(C2CCCN(C3=C(c4ccccc4)C=CC(Cl)(N4CCN(CCOC(F)(F)F)CC4)C3)C2)c1C(F)(F)F. The lowest BCUT2D eigenvalue weighted by molar-refractivity contribution is -0.325. The first-order valence-corrected chi connectivity index (χ1v) is 15.6. The van der Waals surface area contributed by atoms with Crippen LogP contribution in [0.25, 0.3) is 5.57 Å². The highest BCUT2D eigenvalue weighted by molar-refractivity contribution is 6.25. The number of carbonyl (C=O) groups is 1. The molecule has 2 fully saturated rings. The maximum Gasteiger partial charge on any atom is 0.522 e. The predicted molar refractivity (Wildman–Crippen MR) is 159 cm³/mol. The molecule has 8 nitrogen and oxygen atoms in total. The van der Waals surface area contributed by atoms with Crippen LogP contribution in [0.2, 0.25) is 0 Å². The van der Waals surface area contributed by atoms with E-state index in [1.165, 1.54) is 6.92 Å². The van der Waals surface area contributed by atoms with Crippen molar-refractivity contribution in [2.75, 3.05) is 59.0 Å². The second-order valence-electron chi connectivity index (χ2n) is 11.5. The van der Waals surface area contributed by atoms with Gasteiger partial charge in [-0.25, -0.2) is 4.79 Å². The van der Waals surface area contributed by atoms with Crippen LogP contribution in [-0.2, 0) is 15.7 Å². The van der Waals surface area contributed by atoms with Crippen LogP contribution in [0.3, 0.4) is 0 Å². The van der Waals surface area contributed by atoms with Crippen LogP contribution in [0, 0.1) is 0 Å². The Morgan fingerprint density at radius 3 is 2.43 bits per heavy atom. The summed E-state index contributed by atoms with van der Waals surface area (Å²) in [5.74, 6) is -1.07.